The first-order valence-electron chi connectivity index (χ1n) is 25.4. The fourth-order valence-corrected chi connectivity index (χ4v) is 12.0. The van der Waals surface area contributed by atoms with Crippen molar-refractivity contribution in [3.8, 4) is 45.3 Å². The molecule has 0 spiro atoms. The highest BCUT2D eigenvalue weighted by Gasteiger charge is 2.48. The quantitative estimate of drug-likeness (QED) is 0.0851. The number of aryl methyl sites for hydroxylation is 2. The summed E-state index contributed by atoms with van der Waals surface area (Å²) in [6.07, 6.45) is 0. The van der Waals surface area contributed by atoms with Crippen LogP contribution in [0.1, 0.15) is 129 Å². The molecule has 380 valence electrons. The van der Waals surface area contributed by atoms with Crippen molar-refractivity contribution in [3.63, 3.8) is 0 Å². The van der Waals surface area contributed by atoms with E-state index >= 15 is 0 Å². The van der Waals surface area contributed by atoms with Crippen LogP contribution < -0.4 is 0 Å². The van der Waals surface area contributed by atoms with Gasteiger partial charge in [0.2, 0.25) is 0 Å². The largest absolute Gasteiger partial charge is 0.507 e. The summed E-state index contributed by atoms with van der Waals surface area (Å²) in [4.78, 5) is 0. The maximum absolute atomic E-state index is 11.2. The first-order chi connectivity index (χ1) is 35.7. The van der Waals surface area contributed by atoms with Crippen LogP contribution >= 0.6 is 0 Å². The highest BCUT2D eigenvalue weighted by atomic mass is 16.5. The lowest BCUT2D eigenvalue weighted by Gasteiger charge is -2.36. The lowest BCUT2D eigenvalue weighted by atomic mass is 9.66. The molecule has 8 aromatic rings. The Balaban J connectivity index is 0.000000183. The molecule has 8 heteroatoms. The zero-order valence-electron chi connectivity index (χ0n) is 44.3. The van der Waals surface area contributed by atoms with Crippen molar-refractivity contribution in [2.45, 2.75) is 90.6 Å². The molecule has 0 aromatic heterocycles. The normalized spacial score (nSPS) is 13.6. The maximum atomic E-state index is 11.2. The third-order valence-corrected chi connectivity index (χ3v) is 15.3. The number of methoxy groups -OCH3 is 4. The molecule has 0 saturated heterocycles. The molecule has 0 heterocycles. The zero-order valence-corrected chi connectivity index (χ0v) is 44.3. The van der Waals surface area contributed by atoms with Gasteiger partial charge in [-0.05, 0) is 139 Å². The van der Waals surface area contributed by atoms with E-state index in [1.807, 2.05) is 13.8 Å². The van der Waals surface area contributed by atoms with Crippen molar-refractivity contribution in [1.29, 1.82) is 0 Å². The Morgan fingerprint density at radius 3 is 0.851 bits per heavy atom. The molecule has 74 heavy (non-hydrogen) atoms. The second-order valence-electron chi connectivity index (χ2n) is 20.5. The van der Waals surface area contributed by atoms with Gasteiger partial charge in [0.05, 0.1) is 37.3 Å². The van der Waals surface area contributed by atoms with Crippen molar-refractivity contribution >= 4 is 0 Å². The number of phenolic OH excluding ortho intramolecular Hbond substituents is 4. The minimum Gasteiger partial charge on any atom is -0.507 e. The third kappa shape index (κ3) is 8.44. The Morgan fingerprint density at radius 2 is 0.595 bits per heavy atom. The monoisotopic (exact) mass is 988 g/mol. The van der Waals surface area contributed by atoms with Gasteiger partial charge in [0.1, 0.15) is 23.0 Å². The van der Waals surface area contributed by atoms with E-state index < -0.39 is 10.8 Å². The van der Waals surface area contributed by atoms with Crippen molar-refractivity contribution in [2.75, 3.05) is 28.4 Å². The molecular formula is C66H68O8. The molecule has 0 unspecified atom stereocenters. The summed E-state index contributed by atoms with van der Waals surface area (Å²) in [5, 5.41) is 44.1. The van der Waals surface area contributed by atoms with Gasteiger partial charge in [-0.3, -0.25) is 0 Å². The van der Waals surface area contributed by atoms with Gasteiger partial charge in [-0.2, -0.15) is 0 Å². The lowest BCUT2D eigenvalue weighted by Crippen LogP contribution is -2.29. The van der Waals surface area contributed by atoms with Crippen LogP contribution in [0.25, 0.3) is 22.3 Å². The van der Waals surface area contributed by atoms with Crippen LogP contribution in [-0.2, 0) is 56.2 Å². The molecular weight excluding hydrogens is 921 g/mol. The van der Waals surface area contributed by atoms with Crippen molar-refractivity contribution in [2.24, 2.45) is 0 Å². The first-order valence-corrected chi connectivity index (χ1v) is 25.4. The SMILES string of the molecule is COCc1cc(C2(c3cc(C)c(O)c(COC)c3)c3ccccc3-c3ccccc32)cc(C)c1O.COCc1cc(C2(c3cc(COC)c(O)c(C(C)C)c3)c3ccccc3-c3ccccc32)cc(C(C)C)c1O. The van der Waals surface area contributed by atoms with E-state index in [0.717, 1.165) is 66.8 Å². The van der Waals surface area contributed by atoms with Crippen LogP contribution in [-0.4, -0.2) is 48.9 Å². The molecule has 0 amide bonds. The molecule has 4 N–H and O–H groups in total. The van der Waals surface area contributed by atoms with Gasteiger partial charge in [-0.15, -0.1) is 0 Å². The highest BCUT2D eigenvalue weighted by molar-refractivity contribution is 5.88. The van der Waals surface area contributed by atoms with Gasteiger partial charge >= 0.3 is 0 Å². The fraction of sp³-hybridized carbons (Fsp3) is 0.273. The number of benzene rings is 8. The average Bonchev–Trinajstić information content (AvgIpc) is 3.87. The van der Waals surface area contributed by atoms with Gasteiger partial charge in [-0.1, -0.05) is 149 Å². The van der Waals surface area contributed by atoms with Crippen molar-refractivity contribution in [1.82, 2.24) is 0 Å². The smallest absolute Gasteiger partial charge is 0.124 e. The fourth-order valence-electron chi connectivity index (χ4n) is 12.0. The summed E-state index contributed by atoms with van der Waals surface area (Å²) in [6.45, 7) is 13.5. The summed E-state index contributed by atoms with van der Waals surface area (Å²) in [6, 6.07) is 51.0. The van der Waals surface area contributed by atoms with E-state index in [9.17, 15) is 20.4 Å². The molecule has 0 atom stereocenters. The molecule has 2 aliphatic rings. The number of hydrogen-bond donors (Lipinski definition) is 4. The van der Waals surface area contributed by atoms with E-state index in [2.05, 4.69) is 173 Å². The van der Waals surface area contributed by atoms with E-state index in [1.165, 1.54) is 44.5 Å². The molecule has 0 fully saturated rings. The Bertz CT molecular complexity index is 3160. The van der Waals surface area contributed by atoms with Crippen LogP contribution in [0.15, 0.2) is 146 Å². The van der Waals surface area contributed by atoms with E-state index in [0.29, 0.717) is 37.9 Å². The van der Waals surface area contributed by atoms with Gasteiger partial charge in [0.25, 0.3) is 0 Å². The van der Waals surface area contributed by atoms with E-state index in [4.69, 9.17) is 18.9 Å². The lowest BCUT2D eigenvalue weighted by molar-refractivity contribution is 0.181. The predicted octanol–water partition coefficient (Wildman–Crippen LogP) is 14.4. The van der Waals surface area contributed by atoms with Crippen LogP contribution in [0.5, 0.6) is 23.0 Å². The molecule has 0 aliphatic heterocycles. The van der Waals surface area contributed by atoms with Gasteiger partial charge in [0.15, 0.2) is 0 Å². The molecule has 0 bridgehead atoms. The molecule has 0 radical (unpaired) electrons. The van der Waals surface area contributed by atoms with Gasteiger partial charge in [0, 0.05) is 50.7 Å². The number of ether oxygens (including phenoxy) is 4. The maximum Gasteiger partial charge on any atom is 0.124 e. The number of rotatable bonds is 14. The summed E-state index contributed by atoms with van der Waals surface area (Å²) in [5.41, 5.74) is 18.7. The predicted molar refractivity (Wildman–Crippen MR) is 295 cm³/mol. The second kappa shape index (κ2) is 21.0. The summed E-state index contributed by atoms with van der Waals surface area (Å²) in [7, 11) is 6.58. The minimum atomic E-state index is -0.674. The summed E-state index contributed by atoms with van der Waals surface area (Å²) < 4.78 is 22.0. The van der Waals surface area contributed by atoms with Crippen molar-refractivity contribution in [3.05, 3.63) is 235 Å². The number of fused-ring (bicyclic) bond motifs is 6. The van der Waals surface area contributed by atoms with Crippen LogP contribution in [0.2, 0.25) is 0 Å². The van der Waals surface area contributed by atoms with Crippen molar-refractivity contribution < 1.29 is 39.4 Å². The summed E-state index contributed by atoms with van der Waals surface area (Å²) >= 11 is 0. The van der Waals surface area contributed by atoms with Crippen LogP contribution in [0, 0.1) is 13.8 Å². The standard InChI is InChI=1S/C35H38O4.C31H30O4/c1-21(2)29-17-25(15-23(19-38-5)33(29)36)35(26-16-24(20-39-6)34(37)30(18-26)22(3)4)31-13-9-7-11-27(31)28-12-8-10-14-32(28)35;1-19-13-23(15-21(17-34-3)29(19)32)31(24-14-20(2)30(33)22(16-24)18-35-4)27-11-7-5-9-25(27)26-10-6-8-12-28(26)31/h7-18,21-22,36-37H,19-20H2,1-6H3;5-16,32-33H,17-18H2,1-4H3. The van der Waals surface area contributed by atoms with Crippen LogP contribution in [0.4, 0.5) is 0 Å². The molecule has 10 rings (SSSR count). The summed E-state index contributed by atoms with van der Waals surface area (Å²) in [5.74, 6) is 1.32. The van der Waals surface area contributed by atoms with Crippen LogP contribution in [0.3, 0.4) is 0 Å². The molecule has 0 saturated carbocycles. The number of hydrogen-bond acceptors (Lipinski definition) is 8. The minimum absolute atomic E-state index is 0.111. The number of phenols is 4. The number of aromatic hydroxyl groups is 4. The first kappa shape index (κ1) is 51.7. The second-order valence-corrected chi connectivity index (χ2v) is 20.5. The van der Waals surface area contributed by atoms with Gasteiger partial charge in [-0.25, -0.2) is 0 Å². The molecule has 8 aromatic carbocycles. The zero-order chi connectivity index (χ0) is 52.6. The Labute approximate surface area is 436 Å². The Morgan fingerprint density at radius 1 is 0.351 bits per heavy atom. The average molecular weight is 989 g/mol. The van der Waals surface area contributed by atoms with E-state index in [1.54, 1.807) is 28.4 Å². The highest BCUT2D eigenvalue weighted by Crippen LogP contribution is 2.59. The third-order valence-electron chi connectivity index (χ3n) is 15.3. The Kier molecular flexibility index (Phi) is 14.6. The van der Waals surface area contributed by atoms with E-state index in [-0.39, 0.29) is 23.3 Å². The topological polar surface area (TPSA) is 118 Å². The Hall–Kier alpha value is -7.20. The van der Waals surface area contributed by atoms with Gasteiger partial charge < -0.3 is 39.4 Å². The molecule has 8 nitrogen and oxygen atoms in total. The molecule has 2 aliphatic carbocycles.